The quantitative estimate of drug-likeness (QED) is 0.853. The van der Waals surface area contributed by atoms with E-state index in [1.165, 1.54) is 0 Å². The van der Waals surface area contributed by atoms with Crippen molar-refractivity contribution in [2.24, 2.45) is 7.05 Å². The van der Waals surface area contributed by atoms with Crippen LogP contribution in [0.5, 0.6) is 0 Å². The molecule has 0 spiro atoms. The number of nitrogens with zero attached hydrogens (tertiary/aromatic N) is 2. The van der Waals surface area contributed by atoms with Gasteiger partial charge in [-0.15, -0.1) is 11.7 Å². The lowest BCUT2D eigenvalue weighted by atomic mass is 10.6. The highest BCUT2D eigenvalue weighted by atomic mass is 32.3. The first kappa shape index (κ1) is 19.6. The smallest absolute Gasteiger partial charge is 0.264 e. The second kappa shape index (κ2) is 9.22. The normalized spacial score (nSPS) is 11.7. The van der Waals surface area contributed by atoms with Gasteiger partial charge in [0.25, 0.3) is 10.1 Å². The molecule has 10 heteroatoms. The van der Waals surface area contributed by atoms with Crippen molar-refractivity contribution in [3.05, 3.63) is 18.7 Å². The molecule has 0 aliphatic rings. The fourth-order valence-corrected chi connectivity index (χ4v) is 1.10. The maximum Gasteiger partial charge on any atom is 0.264 e. The minimum atomic E-state index is -4.67. The van der Waals surface area contributed by atoms with Gasteiger partial charge in [-0.1, -0.05) is 6.92 Å². The van der Waals surface area contributed by atoms with Crippen LogP contribution in [0.1, 0.15) is 13.3 Å². The van der Waals surface area contributed by atoms with Gasteiger partial charge in [0.2, 0.25) is 11.2 Å². The maximum absolute atomic E-state index is 10.4. The molecule has 0 unspecified atom stereocenters. The molecule has 0 aromatic carbocycles. The monoisotopic (exact) mass is 310 g/mol. The molecule has 18 heavy (non-hydrogen) atoms. The number of imidazole rings is 1. The van der Waals surface area contributed by atoms with Gasteiger partial charge in [-0.25, -0.2) is 4.98 Å². The lowest BCUT2D eigenvalue weighted by molar-refractivity contribution is 0.482. The molecule has 1 heterocycles. The Morgan fingerprint density at radius 3 is 1.83 bits per heavy atom. The largest absolute Gasteiger partial charge is 0.341 e. The van der Waals surface area contributed by atoms with E-state index in [4.69, 9.17) is 4.55 Å². The Labute approximate surface area is 107 Å². The summed E-state index contributed by atoms with van der Waals surface area (Å²) in [4.78, 5) is 3.78. The van der Waals surface area contributed by atoms with Gasteiger partial charge in [-0.2, -0.15) is 8.42 Å². The molecular weight excluding hydrogens is 293 g/mol. The fraction of sp³-hybridized carbons (Fsp3) is 0.625. The van der Waals surface area contributed by atoms with Crippen LogP contribution >= 0.6 is 11.2 Å². The third kappa shape index (κ3) is 29.5. The molecule has 110 valence electrons. The number of rotatable bonds is 2. The average molecular weight is 310 g/mol. The highest BCUT2D eigenvalue weighted by Gasteiger charge is 2.07. The third-order valence-corrected chi connectivity index (χ3v) is 2.02. The Bertz CT molecular complexity index is 384. The Hall–Kier alpha value is -0.740. The molecule has 1 aromatic rings. The van der Waals surface area contributed by atoms with E-state index in [-0.39, 0.29) is 12.0 Å². The highest BCUT2D eigenvalue weighted by molar-refractivity contribution is 8.20. The molecule has 0 atom stereocenters. The van der Waals surface area contributed by atoms with Gasteiger partial charge < -0.3 is 4.57 Å². The first-order valence-corrected chi connectivity index (χ1v) is 8.05. The van der Waals surface area contributed by atoms with Crippen molar-refractivity contribution in [1.82, 2.24) is 9.55 Å². The molecule has 1 aromatic heterocycles. The van der Waals surface area contributed by atoms with Crippen LogP contribution in [-0.2, 0) is 17.2 Å². The van der Waals surface area contributed by atoms with E-state index in [1.54, 1.807) is 19.4 Å². The Morgan fingerprint density at radius 2 is 1.78 bits per heavy atom. The van der Waals surface area contributed by atoms with E-state index in [0.29, 0.717) is 6.42 Å². The number of hydrogen-bond acceptors (Lipinski definition) is 3. The molecule has 0 radical (unpaired) electrons. The summed E-state index contributed by atoms with van der Waals surface area (Å²) in [7, 11) is -1.74. The number of halogens is 3. The minimum Gasteiger partial charge on any atom is -0.341 e. The van der Waals surface area contributed by atoms with Gasteiger partial charge in [0.05, 0.1) is 12.1 Å². The summed E-state index contributed by atoms with van der Waals surface area (Å²) in [5, 5.41) is 0. The van der Waals surface area contributed by atoms with Crippen LogP contribution in [0.15, 0.2) is 18.7 Å². The molecule has 0 aliphatic carbocycles. The molecule has 1 rings (SSSR count). The highest BCUT2D eigenvalue weighted by Crippen LogP contribution is 2.48. The maximum atomic E-state index is 10.4. The zero-order chi connectivity index (χ0) is 14.8. The zero-order valence-electron chi connectivity index (χ0n) is 10.3. The molecule has 0 saturated carbocycles. The van der Waals surface area contributed by atoms with Gasteiger partial charge in [-0.05, 0) is 6.42 Å². The van der Waals surface area contributed by atoms with E-state index >= 15 is 0 Å². The van der Waals surface area contributed by atoms with Crippen LogP contribution in [0.3, 0.4) is 0 Å². The summed E-state index contributed by atoms with van der Waals surface area (Å²) < 4.78 is 60.8. The lowest BCUT2D eigenvalue weighted by Crippen LogP contribution is -2.01. The van der Waals surface area contributed by atoms with Crippen molar-refractivity contribution in [3.63, 3.8) is 0 Å². The van der Waals surface area contributed by atoms with Gasteiger partial charge in [-0.3, -0.25) is 4.55 Å². The molecule has 0 bridgehead atoms. The molecule has 0 aliphatic heterocycles. The van der Waals surface area contributed by atoms with Crippen molar-refractivity contribution in [1.29, 1.82) is 0 Å². The van der Waals surface area contributed by atoms with Crippen molar-refractivity contribution in [2.75, 3.05) is 12.0 Å². The summed E-state index contributed by atoms with van der Waals surface area (Å²) in [5.41, 5.74) is 0. The predicted octanol–water partition coefficient (Wildman–Crippen LogP) is 2.78. The van der Waals surface area contributed by atoms with Gasteiger partial charge in [0, 0.05) is 25.7 Å². The summed E-state index contributed by atoms with van der Waals surface area (Å²) in [6.45, 7) is 1.69. The molecule has 5 nitrogen and oxygen atoms in total. The molecule has 0 fully saturated rings. The SMILES string of the molecule is CCCS(=O)(=O)O.CS(F)(F)F.Cn1ccnc1. The number of aryl methyl sites for hydroxylation is 1. The van der Waals surface area contributed by atoms with Gasteiger partial charge in [0.15, 0.2) is 0 Å². The summed E-state index contributed by atoms with van der Waals surface area (Å²) >= 11 is -4.67. The Morgan fingerprint density at radius 1 is 1.33 bits per heavy atom. The van der Waals surface area contributed by atoms with Crippen LogP contribution in [0.25, 0.3) is 0 Å². The van der Waals surface area contributed by atoms with E-state index in [9.17, 15) is 20.1 Å². The minimum absolute atomic E-state index is 0.132. The third-order valence-electron chi connectivity index (χ3n) is 1.10. The van der Waals surface area contributed by atoms with Crippen LogP contribution in [-0.4, -0.2) is 34.5 Å². The predicted molar refractivity (Wildman–Crippen MR) is 66.8 cm³/mol. The summed E-state index contributed by atoms with van der Waals surface area (Å²) in [5.74, 6) is -0.132. The topological polar surface area (TPSA) is 72.2 Å². The summed E-state index contributed by atoms with van der Waals surface area (Å²) in [6.07, 6.45) is 6.13. The van der Waals surface area contributed by atoms with Gasteiger partial charge in [0.1, 0.15) is 0 Å². The average Bonchev–Trinajstić information content (AvgIpc) is 2.51. The molecule has 1 N–H and O–H groups in total. The standard InChI is InChI=1S/C4H6N2.C3H8O3S.CH3F3S/c1-6-3-2-5-4-6;1-2-3-7(4,5)6;1-5(2,3)4/h2-4H,1H3;2-3H2,1H3,(H,4,5,6);1H3. The second-order valence-corrected chi connectivity index (χ2v) is 6.00. The second-order valence-electron chi connectivity index (χ2n) is 3.15. The zero-order valence-corrected chi connectivity index (χ0v) is 11.9. The van der Waals surface area contributed by atoms with Crippen molar-refractivity contribution < 1.29 is 24.6 Å². The van der Waals surface area contributed by atoms with E-state index in [2.05, 4.69) is 4.98 Å². The van der Waals surface area contributed by atoms with Crippen LogP contribution in [0, 0.1) is 0 Å². The molecular formula is C8H17F3N2O3S2. The summed E-state index contributed by atoms with van der Waals surface area (Å²) in [6, 6.07) is 0. The molecule has 0 amide bonds. The molecule has 0 saturated heterocycles. The van der Waals surface area contributed by atoms with E-state index in [1.807, 2.05) is 17.8 Å². The number of hydrogen-bond donors (Lipinski definition) is 1. The number of aromatic nitrogens is 2. The van der Waals surface area contributed by atoms with Crippen LogP contribution in [0.4, 0.5) is 11.7 Å². The first-order valence-electron chi connectivity index (χ1n) is 4.70. The fourth-order valence-electron chi connectivity index (χ4n) is 0.584. The van der Waals surface area contributed by atoms with E-state index in [0.717, 1.165) is 0 Å². The van der Waals surface area contributed by atoms with Crippen LogP contribution < -0.4 is 0 Å². The first-order chi connectivity index (χ1) is 7.95. The Balaban J connectivity index is 0. The van der Waals surface area contributed by atoms with E-state index < -0.39 is 21.3 Å². The van der Waals surface area contributed by atoms with Crippen LogP contribution in [0.2, 0.25) is 0 Å². The van der Waals surface area contributed by atoms with Crippen molar-refractivity contribution >= 4 is 21.3 Å². The van der Waals surface area contributed by atoms with Gasteiger partial charge >= 0.3 is 0 Å². The van der Waals surface area contributed by atoms with Crippen molar-refractivity contribution in [2.45, 2.75) is 13.3 Å². The van der Waals surface area contributed by atoms with Crippen molar-refractivity contribution in [3.8, 4) is 0 Å². The lowest BCUT2D eigenvalue weighted by Gasteiger charge is -1.94. The Kier molecular flexibility index (Phi) is 10.0.